The van der Waals surface area contributed by atoms with Crippen LogP contribution in [0, 0.1) is 0 Å². The third kappa shape index (κ3) is 4.09. The topological polar surface area (TPSA) is 40.5 Å². The number of hydrogen-bond donors (Lipinski definition) is 1. The molecule has 4 nitrogen and oxygen atoms in total. The summed E-state index contributed by atoms with van der Waals surface area (Å²) in [6.07, 6.45) is 3.00. The summed E-state index contributed by atoms with van der Waals surface area (Å²) >= 11 is 0. The Kier molecular flexibility index (Phi) is 5.25. The minimum atomic E-state index is 0.593. The van der Waals surface area contributed by atoms with E-state index < -0.39 is 0 Å². The molecule has 1 aliphatic rings. The lowest BCUT2D eigenvalue weighted by atomic mass is 9.99. The Labute approximate surface area is 138 Å². The first-order chi connectivity index (χ1) is 11.4. The first-order valence-corrected chi connectivity index (χ1v) is 8.35. The summed E-state index contributed by atoms with van der Waals surface area (Å²) in [6, 6.07) is 16.7. The Morgan fingerprint density at radius 3 is 2.78 bits per heavy atom. The van der Waals surface area contributed by atoms with Gasteiger partial charge in [0.15, 0.2) is 5.96 Å². The van der Waals surface area contributed by atoms with E-state index in [1.54, 1.807) is 0 Å². The molecule has 0 bridgehead atoms. The van der Waals surface area contributed by atoms with Crippen molar-refractivity contribution < 1.29 is 0 Å². The lowest BCUT2D eigenvalue weighted by molar-refractivity contribution is 0.486. The summed E-state index contributed by atoms with van der Waals surface area (Å²) in [5.74, 6) is 1.59. The second kappa shape index (κ2) is 7.77. The van der Waals surface area contributed by atoms with Crippen LogP contribution in [0.2, 0.25) is 0 Å². The third-order valence-electron chi connectivity index (χ3n) is 4.21. The van der Waals surface area contributed by atoms with Gasteiger partial charge in [-0.15, -0.1) is 0 Å². The van der Waals surface area contributed by atoms with Gasteiger partial charge in [-0.1, -0.05) is 36.4 Å². The highest BCUT2D eigenvalue weighted by Gasteiger charge is 2.25. The third-order valence-corrected chi connectivity index (χ3v) is 4.21. The SMILES string of the molecule is CCNC(=NCc1ccccn1)N1CCC(c2ccccc2)C1. The number of nitrogens with zero attached hydrogens (tertiary/aromatic N) is 3. The average Bonchev–Trinajstić information content (AvgIpc) is 3.10. The number of nitrogens with one attached hydrogen (secondary N) is 1. The molecule has 1 saturated heterocycles. The number of likely N-dealkylation sites (tertiary alicyclic amines) is 1. The Morgan fingerprint density at radius 2 is 2.04 bits per heavy atom. The summed E-state index contributed by atoms with van der Waals surface area (Å²) < 4.78 is 0. The number of aliphatic imine (C=N–C) groups is 1. The minimum Gasteiger partial charge on any atom is -0.357 e. The Hall–Kier alpha value is -2.36. The second-order valence-corrected chi connectivity index (χ2v) is 5.83. The minimum absolute atomic E-state index is 0.593. The molecule has 120 valence electrons. The molecule has 2 aromatic rings. The molecule has 1 aromatic carbocycles. The van der Waals surface area contributed by atoms with Crippen LogP contribution in [0.15, 0.2) is 59.7 Å². The molecule has 1 unspecified atom stereocenters. The number of hydrogen-bond acceptors (Lipinski definition) is 2. The van der Waals surface area contributed by atoms with Crippen LogP contribution in [0.25, 0.3) is 0 Å². The highest BCUT2D eigenvalue weighted by molar-refractivity contribution is 5.80. The summed E-state index contributed by atoms with van der Waals surface area (Å²) in [4.78, 5) is 11.5. The van der Waals surface area contributed by atoms with Crippen LogP contribution in [-0.4, -0.2) is 35.5 Å². The molecule has 1 N–H and O–H groups in total. The lowest BCUT2D eigenvalue weighted by Crippen LogP contribution is -2.40. The summed E-state index contributed by atoms with van der Waals surface area (Å²) in [5, 5.41) is 3.41. The Bertz CT molecular complexity index is 624. The quantitative estimate of drug-likeness (QED) is 0.697. The molecule has 4 heteroatoms. The molecule has 1 atom stereocenters. The standard InChI is InChI=1S/C19H24N4/c1-2-20-19(22-14-18-10-6-7-12-21-18)23-13-11-17(15-23)16-8-4-3-5-9-16/h3-10,12,17H,2,11,13-15H2,1H3,(H,20,22). The fourth-order valence-corrected chi connectivity index (χ4v) is 3.02. The van der Waals surface area contributed by atoms with Gasteiger partial charge in [0, 0.05) is 31.7 Å². The van der Waals surface area contributed by atoms with Gasteiger partial charge in [0.1, 0.15) is 0 Å². The van der Waals surface area contributed by atoms with Crippen molar-refractivity contribution in [3.63, 3.8) is 0 Å². The highest BCUT2D eigenvalue weighted by Crippen LogP contribution is 2.26. The summed E-state index contributed by atoms with van der Waals surface area (Å²) in [6.45, 7) is 5.69. The zero-order chi connectivity index (χ0) is 15.9. The van der Waals surface area contributed by atoms with Crippen molar-refractivity contribution in [1.29, 1.82) is 0 Å². The molecule has 1 aliphatic heterocycles. The van der Waals surface area contributed by atoms with E-state index in [0.29, 0.717) is 12.5 Å². The van der Waals surface area contributed by atoms with Crippen molar-refractivity contribution >= 4 is 5.96 Å². The Balaban J connectivity index is 1.67. The van der Waals surface area contributed by atoms with Crippen molar-refractivity contribution in [1.82, 2.24) is 15.2 Å². The van der Waals surface area contributed by atoms with Crippen molar-refractivity contribution in [3.8, 4) is 0 Å². The maximum Gasteiger partial charge on any atom is 0.194 e. The first kappa shape index (κ1) is 15.5. The van der Waals surface area contributed by atoms with Crippen molar-refractivity contribution in [3.05, 3.63) is 66.0 Å². The lowest BCUT2D eigenvalue weighted by Gasteiger charge is -2.21. The largest absolute Gasteiger partial charge is 0.357 e. The normalized spacial score (nSPS) is 18.2. The molecule has 0 saturated carbocycles. The van der Waals surface area contributed by atoms with Gasteiger partial charge < -0.3 is 10.2 Å². The molecule has 0 amide bonds. The smallest absolute Gasteiger partial charge is 0.194 e. The van der Waals surface area contributed by atoms with Crippen LogP contribution in [0.4, 0.5) is 0 Å². The molecule has 3 rings (SSSR count). The van der Waals surface area contributed by atoms with Crippen LogP contribution in [0.1, 0.15) is 30.5 Å². The van der Waals surface area contributed by atoms with Gasteiger partial charge in [-0.3, -0.25) is 4.98 Å². The van der Waals surface area contributed by atoms with E-state index in [-0.39, 0.29) is 0 Å². The zero-order valence-electron chi connectivity index (χ0n) is 13.7. The second-order valence-electron chi connectivity index (χ2n) is 5.83. The van der Waals surface area contributed by atoms with E-state index in [0.717, 1.165) is 31.3 Å². The monoisotopic (exact) mass is 308 g/mol. The van der Waals surface area contributed by atoms with Gasteiger partial charge >= 0.3 is 0 Å². The molecule has 1 fully saturated rings. The molecule has 0 spiro atoms. The van der Waals surface area contributed by atoms with Gasteiger partial charge in [0.05, 0.1) is 12.2 Å². The van der Waals surface area contributed by atoms with Crippen LogP contribution >= 0.6 is 0 Å². The van der Waals surface area contributed by atoms with E-state index in [2.05, 4.69) is 52.5 Å². The van der Waals surface area contributed by atoms with E-state index in [9.17, 15) is 0 Å². The molecule has 23 heavy (non-hydrogen) atoms. The first-order valence-electron chi connectivity index (χ1n) is 8.35. The predicted molar refractivity (Wildman–Crippen MR) is 94.4 cm³/mol. The van der Waals surface area contributed by atoms with Crippen LogP contribution < -0.4 is 5.32 Å². The van der Waals surface area contributed by atoms with Crippen LogP contribution in [-0.2, 0) is 6.54 Å². The van der Waals surface area contributed by atoms with Gasteiger partial charge in [-0.05, 0) is 31.0 Å². The molecular formula is C19H24N4. The molecule has 2 heterocycles. The fourth-order valence-electron chi connectivity index (χ4n) is 3.02. The van der Waals surface area contributed by atoms with Crippen LogP contribution in [0.3, 0.4) is 0 Å². The summed E-state index contributed by atoms with van der Waals surface area (Å²) in [5.41, 5.74) is 2.43. The maximum absolute atomic E-state index is 4.76. The predicted octanol–water partition coefficient (Wildman–Crippen LogP) is 3.04. The van der Waals surface area contributed by atoms with Gasteiger partial charge in [-0.2, -0.15) is 0 Å². The molecular weight excluding hydrogens is 284 g/mol. The van der Waals surface area contributed by atoms with Gasteiger partial charge in [-0.25, -0.2) is 4.99 Å². The van der Waals surface area contributed by atoms with E-state index in [1.165, 1.54) is 12.0 Å². The number of aromatic nitrogens is 1. The van der Waals surface area contributed by atoms with E-state index >= 15 is 0 Å². The van der Waals surface area contributed by atoms with Gasteiger partial charge in [0.25, 0.3) is 0 Å². The zero-order valence-corrected chi connectivity index (χ0v) is 13.7. The van der Waals surface area contributed by atoms with Gasteiger partial charge in [0.2, 0.25) is 0 Å². The maximum atomic E-state index is 4.76. The molecule has 0 aliphatic carbocycles. The molecule has 1 aromatic heterocycles. The van der Waals surface area contributed by atoms with Crippen molar-refractivity contribution in [2.45, 2.75) is 25.8 Å². The fraction of sp³-hybridized carbons (Fsp3) is 0.368. The number of rotatable bonds is 4. The molecule has 0 radical (unpaired) electrons. The van der Waals surface area contributed by atoms with Crippen LogP contribution in [0.5, 0.6) is 0 Å². The van der Waals surface area contributed by atoms with E-state index in [1.807, 2.05) is 24.4 Å². The summed E-state index contributed by atoms with van der Waals surface area (Å²) in [7, 11) is 0. The van der Waals surface area contributed by atoms with Crippen molar-refractivity contribution in [2.24, 2.45) is 4.99 Å². The van der Waals surface area contributed by atoms with Crippen molar-refractivity contribution in [2.75, 3.05) is 19.6 Å². The number of pyridine rings is 1. The average molecular weight is 308 g/mol. The highest BCUT2D eigenvalue weighted by atomic mass is 15.3. The number of guanidine groups is 1. The van der Waals surface area contributed by atoms with E-state index in [4.69, 9.17) is 4.99 Å². The number of benzene rings is 1. The Morgan fingerprint density at radius 1 is 1.22 bits per heavy atom.